The first kappa shape index (κ1) is 9.04. The Labute approximate surface area is 80.1 Å². The minimum Gasteiger partial charge on any atom is -0.348 e. The first-order chi connectivity index (χ1) is 5.36. The van der Waals surface area contributed by atoms with Crippen LogP contribution < -0.4 is 0 Å². The van der Waals surface area contributed by atoms with Crippen LogP contribution in [-0.2, 0) is 9.47 Å². The van der Waals surface area contributed by atoms with Gasteiger partial charge in [-0.25, -0.2) is 0 Å². The minimum atomic E-state index is -0.118. The average molecular weight is 264 g/mol. The molecule has 1 heterocycles. The molecule has 0 radical (unpaired) electrons. The standard InChI is InChI=1S/C8H9IO2/c1-2-3-10-8-4-7(5-9)6-11-8/h1,5,8H,3-4,6H2/b7-5+. The van der Waals surface area contributed by atoms with Crippen molar-refractivity contribution in [2.45, 2.75) is 12.7 Å². The molecule has 0 bridgehead atoms. The van der Waals surface area contributed by atoms with Gasteiger partial charge in [-0.05, 0) is 9.66 Å². The fourth-order valence-electron chi connectivity index (χ4n) is 0.856. The summed E-state index contributed by atoms with van der Waals surface area (Å²) in [6.07, 6.45) is 5.76. The average Bonchev–Trinajstić information content (AvgIpc) is 2.48. The van der Waals surface area contributed by atoms with Crippen molar-refractivity contribution < 1.29 is 9.47 Å². The molecule has 1 aliphatic heterocycles. The van der Waals surface area contributed by atoms with Crippen LogP contribution in [-0.4, -0.2) is 19.5 Å². The van der Waals surface area contributed by atoms with E-state index in [4.69, 9.17) is 15.9 Å². The summed E-state index contributed by atoms with van der Waals surface area (Å²) in [6.45, 7) is 1.01. The second-order valence-electron chi connectivity index (χ2n) is 2.23. The van der Waals surface area contributed by atoms with Gasteiger partial charge < -0.3 is 9.47 Å². The largest absolute Gasteiger partial charge is 0.348 e. The van der Waals surface area contributed by atoms with Gasteiger partial charge in [-0.1, -0.05) is 28.5 Å². The van der Waals surface area contributed by atoms with Crippen molar-refractivity contribution in [2.75, 3.05) is 13.2 Å². The molecule has 0 saturated carbocycles. The SMILES string of the molecule is C#CCOC1C/C(=C\I)CO1. The molecule has 3 heteroatoms. The Morgan fingerprint density at radius 2 is 2.73 bits per heavy atom. The quantitative estimate of drug-likeness (QED) is 0.558. The van der Waals surface area contributed by atoms with Crippen LogP contribution in [0.4, 0.5) is 0 Å². The zero-order valence-electron chi connectivity index (χ0n) is 6.05. The Balaban J connectivity index is 2.26. The fourth-order valence-corrected chi connectivity index (χ4v) is 1.29. The molecule has 1 saturated heterocycles. The highest BCUT2D eigenvalue weighted by Gasteiger charge is 2.19. The number of hydrogen-bond donors (Lipinski definition) is 0. The van der Waals surface area contributed by atoms with E-state index in [1.807, 2.05) is 4.08 Å². The molecule has 0 aromatic heterocycles. The zero-order chi connectivity index (χ0) is 8.10. The highest BCUT2D eigenvalue weighted by molar-refractivity contribution is 14.1. The summed E-state index contributed by atoms with van der Waals surface area (Å²) in [4.78, 5) is 0. The van der Waals surface area contributed by atoms with Crippen molar-refractivity contribution in [2.24, 2.45) is 0 Å². The maximum atomic E-state index is 5.27. The van der Waals surface area contributed by atoms with Crippen LogP contribution in [0.2, 0.25) is 0 Å². The summed E-state index contributed by atoms with van der Waals surface area (Å²) >= 11 is 2.20. The molecule has 1 atom stereocenters. The third kappa shape index (κ3) is 2.81. The first-order valence-electron chi connectivity index (χ1n) is 3.31. The first-order valence-corrected chi connectivity index (χ1v) is 4.56. The van der Waals surface area contributed by atoms with Gasteiger partial charge in [-0.15, -0.1) is 6.42 Å². The number of ether oxygens (including phenoxy) is 2. The van der Waals surface area contributed by atoms with Crippen molar-refractivity contribution in [1.29, 1.82) is 0 Å². The number of terminal acetylenes is 1. The second-order valence-corrected chi connectivity index (χ2v) is 2.85. The summed E-state index contributed by atoms with van der Waals surface area (Å²) in [5.74, 6) is 2.40. The Kier molecular flexibility index (Phi) is 3.91. The monoisotopic (exact) mass is 264 g/mol. The lowest BCUT2D eigenvalue weighted by molar-refractivity contribution is -0.0995. The summed E-state index contributed by atoms with van der Waals surface area (Å²) in [6, 6.07) is 0. The van der Waals surface area contributed by atoms with Crippen molar-refractivity contribution >= 4 is 22.6 Å². The van der Waals surface area contributed by atoms with Crippen LogP contribution in [0.5, 0.6) is 0 Å². The van der Waals surface area contributed by atoms with E-state index in [0.717, 1.165) is 6.42 Å². The van der Waals surface area contributed by atoms with E-state index in [-0.39, 0.29) is 6.29 Å². The Bertz CT molecular complexity index is 193. The third-order valence-electron chi connectivity index (χ3n) is 1.39. The Morgan fingerprint density at radius 3 is 3.27 bits per heavy atom. The zero-order valence-corrected chi connectivity index (χ0v) is 8.21. The van der Waals surface area contributed by atoms with E-state index in [1.165, 1.54) is 5.57 Å². The van der Waals surface area contributed by atoms with Crippen LogP contribution in [0.3, 0.4) is 0 Å². The van der Waals surface area contributed by atoms with Crippen LogP contribution >= 0.6 is 22.6 Å². The highest BCUT2D eigenvalue weighted by atomic mass is 127. The molecule has 11 heavy (non-hydrogen) atoms. The van der Waals surface area contributed by atoms with Gasteiger partial charge in [0.15, 0.2) is 6.29 Å². The predicted molar refractivity (Wildman–Crippen MR) is 51.2 cm³/mol. The molecule has 0 aromatic carbocycles. The minimum absolute atomic E-state index is 0.118. The number of rotatable bonds is 2. The lowest BCUT2D eigenvalue weighted by Gasteiger charge is -2.06. The van der Waals surface area contributed by atoms with E-state index >= 15 is 0 Å². The molecule has 0 spiro atoms. The van der Waals surface area contributed by atoms with Crippen LogP contribution in [0.25, 0.3) is 0 Å². The van der Waals surface area contributed by atoms with Crippen molar-refractivity contribution in [1.82, 2.24) is 0 Å². The van der Waals surface area contributed by atoms with Gasteiger partial charge in [0, 0.05) is 6.42 Å². The smallest absolute Gasteiger partial charge is 0.163 e. The van der Waals surface area contributed by atoms with Gasteiger partial charge in [-0.2, -0.15) is 0 Å². The fraction of sp³-hybridized carbons (Fsp3) is 0.500. The van der Waals surface area contributed by atoms with E-state index in [2.05, 4.69) is 28.5 Å². The molecule has 0 amide bonds. The van der Waals surface area contributed by atoms with Crippen LogP contribution in [0, 0.1) is 12.3 Å². The highest BCUT2D eigenvalue weighted by Crippen LogP contribution is 2.20. The molecular formula is C8H9IO2. The van der Waals surface area contributed by atoms with Gasteiger partial charge >= 0.3 is 0 Å². The summed E-state index contributed by atoms with van der Waals surface area (Å²) in [5, 5.41) is 0. The van der Waals surface area contributed by atoms with Gasteiger partial charge in [0.2, 0.25) is 0 Å². The Hall–Kier alpha value is -0.0500. The van der Waals surface area contributed by atoms with Crippen molar-refractivity contribution in [3.8, 4) is 12.3 Å². The van der Waals surface area contributed by atoms with Gasteiger partial charge in [0.05, 0.1) is 6.61 Å². The maximum Gasteiger partial charge on any atom is 0.163 e. The summed E-state index contributed by atoms with van der Waals surface area (Å²) in [7, 11) is 0. The lowest BCUT2D eigenvalue weighted by Crippen LogP contribution is -2.10. The van der Waals surface area contributed by atoms with Crippen LogP contribution in [0.1, 0.15) is 6.42 Å². The number of hydrogen-bond acceptors (Lipinski definition) is 2. The van der Waals surface area contributed by atoms with Crippen molar-refractivity contribution in [3.63, 3.8) is 0 Å². The molecule has 1 aliphatic rings. The molecule has 0 aromatic rings. The van der Waals surface area contributed by atoms with Crippen LogP contribution in [0.15, 0.2) is 9.66 Å². The molecule has 1 unspecified atom stereocenters. The van der Waals surface area contributed by atoms with Gasteiger partial charge in [-0.3, -0.25) is 0 Å². The molecule has 1 rings (SSSR count). The van der Waals surface area contributed by atoms with Gasteiger partial charge in [0.1, 0.15) is 6.61 Å². The van der Waals surface area contributed by atoms with E-state index in [0.29, 0.717) is 13.2 Å². The predicted octanol–water partition coefficient (Wildman–Crippen LogP) is 1.70. The van der Waals surface area contributed by atoms with E-state index < -0.39 is 0 Å². The maximum absolute atomic E-state index is 5.27. The topological polar surface area (TPSA) is 18.5 Å². The van der Waals surface area contributed by atoms with Gasteiger partial charge in [0.25, 0.3) is 0 Å². The Morgan fingerprint density at radius 1 is 1.91 bits per heavy atom. The van der Waals surface area contributed by atoms with E-state index in [9.17, 15) is 0 Å². The normalized spacial score (nSPS) is 27.3. The molecule has 60 valence electrons. The molecule has 2 nitrogen and oxygen atoms in total. The summed E-state index contributed by atoms with van der Waals surface area (Å²) in [5.41, 5.74) is 1.27. The lowest BCUT2D eigenvalue weighted by atomic mass is 10.3. The molecular weight excluding hydrogens is 255 g/mol. The van der Waals surface area contributed by atoms with Crippen molar-refractivity contribution in [3.05, 3.63) is 9.66 Å². The molecule has 1 fully saturated rings. The molecule has 0 aliphatic carbocycles. The van der Waals surface area contributed by atoms with E-state index in [1.54, 1.807) is 0 Å². The third-order valence-corrected chi connectivity index (χ3v) is 2.27. The molecule has 0 N–H and O–H groups in total. The number of halogens is 1. The second kappa shape index (κ2) is 4.75. The summed E-state index contributed by atoms with van der Waals surface area (Å²) < 4.78 is 12.5.